The van der Waals surface area contributed by atoms with Crippen molar-refractivity contribution < 1.29 is 4.79 Å². The van der Waals surface area contributed by atoms with E-state index >= 15 is 0 Å². The summed E-state index contributed by atoms with van der Waals surface area (Å²) in [5.41, 5.74) is 3.08. The van der Waals surface area contributed by atoms with Gasteiger partial charge in [-0.15, -0.1) is 0 Å². The number of rotatable bonds is 4. The summed E-state index contributed by atoms with van der Waals surface area (Å²) < 4.78 is 1.06. The molecule has 1 aromatic carbocycles. The smallest absolute Gasteiger partial charge is 0.228 e. The molecule has 1 heterocycles. The summed E-state index contributed by atoms with van der Waals surface area (Å²) in [7, 11) is 0. The summed E-state index contributed by atoms with van der Waals surface area (Å²) in [4.78, 5) is 16.2. The number of amides is 1. The van der Waals surface area contributed by atoms with E-state index in [1.165, 1.54) is 0 Å². The van der Waals surface area contributed by atoms with E-state index in [0.29, 0.717) is 5.82 Å². The van der Waals surface area contributed by atoms with E-state index in [0.717, 1.165) is 40.7 Å². The molecule has 0 bridgehead atoms. The number of aromatic nitrogens is 1. The Labute approximate surface area is 138 Å². The van der Waals surface area contributed by atoms with Crippen molar-refractivity contribution in [2.45, 2.75) is 26.2 Å². The van der Waals surface area contributed by atoms with Crippen LogP contribution in [-0.2, 0) is 4.79 Å². The second-order valence-corrected chi connectivity index (χ2v) is 6.55. The molecule has 5 heteroatoms. The van der Waals surface area contributed by atoms with Crippen LogP contribution in [0.3, 0.4) is 0 Å². The minimum absolute atomic E-state index is 0.0863. The highest BCUT2D eigenvalue weighted by Gasteiger charge is 2.25. The molecule has 1 aliphatic carbocycles. The molecule has 0 saturated heterocycles. The number of carbonyl (C=O) groups is 1. The monoisotopic (exact) mass is 359 g/mol. The normalized spacial score (nSPS) is 14.3. The van der Waals surface area contributed by atoms with Gasteiger partial charge >= 0.3 is 0 Å². The molecule has 2 aromatic rings. The largest absolute Gasteiger partial charge is 0.354 e. The Kier molecular flexibility index (Phi) is 4.43. The van der Waals surface area contributed by atoms with Gasteiger partial charge < -0.3 is 10.6 Å². The first kappa shape index (κ1) is 15.0. The van der Waals surface area contributed by atoms with Crippen LogP contribution in [0.15, 0.2) is 41.0 Å². The number of nitrogens with one attached hydrogen (secondary N) is 2. The number of aryl methyl sites for hydroxylation is 1. The summed E-state index contributed by atoms with van der Waals surface area (Å²) in [6, 6.07) is 9.82. The number of benzene rings is 1. The van der Waals surface area contributed by atoms with E-state index in [1.807, 2.05) is 31.2 Å². The third kappa shape index (κ3) is 3.47. The zero-order valence-electron chi connectivity index (χ0n) is 12.4. The number of hydrogen-bond acceptors (Lipinski definition) is 3. The van der Waals surface area contributed by atoms with E-state index in [4.69, 9.17) is 0 Å². The van der Waals surface area contributed by atoms with Gasteiger partial charge in [-0.1, -0.05) is 22.4 Å². The van der Waals surface area contributed by atoms with Gasteiger partial charge in [-0.25, -0.2) is 4.98 Å². The van der Waals surface area contributed by atoms with Gasteiger partial charge in [0.05, 0.1) is 11.9 Å². The van der Waals surface area contributed by atoms with E-state index in [2.05, 4.69) is 37.6 Å². The lowest BCUT2D eigenvalue weighted by Gasteiger charge is -2.23. The lowest BCUT2D eigenvalue weighted by atomic mass is 9.85. The van der Waals surface area contributed by atoms with Crippen molar-refractivity contribution in [1.29, 1.82) is 0 Å². The predicted molar refractivity (Wildman–Crippen MR) is 92.4 cm³/mol. The lowest BCUT2D eigenvalue weighted by Crippen LogP contribution is -2.28. The van der Waals surface area contributed by atoms with Crippen LogP contribution in [0.25, 0.3) is 0 Å². The van der Waals surface area contributed by atoms with E-state index in [1.54, 1.807) is 6.20 Å². The fourth-order valence-corrected chi connectivity index (χ4v) is 2.84. The van der Waals surface area contributed by atoms with Gasteiger partial charge in [-0.05, 0) is 55.7 Å². The van der Waals surface area contributed by atoms with Crippen molar-refractivity contribution in [3.63, 3.8) is 0 Å². The van der Waals surface area contributed by atoms with Gasteiger partial charge in [0.1, 0.15) is 5.82 Å². The highest BCUT2D eigenvalue weighted by atomic mass is 79.9. The van der Waals surface area contributed by atoms with Crippen LogP contribution in [0.2, 0.25) is 0 Å². The fraction of sp³-hybridized carbons (Fsp3) is 0.294. The van der Waals surface area contributed by atoms with E-state index in [-0.39, 0.29) is 11.8 Å². The van der Waals surface area contributed by atoms with Crippen molar-refractivity contribution in [3.8, 4) is 0 Å². The molecule has 0 radical (unpaired) electrons. The molecule has 3 rings (SSSR count). The first-order chi connectivity index (χ1) is 10.6. The number of halogens is 1. The highest BCUT2D eigenvalue weighted by Crippen LogP contribution is 2.28. The fourth-order valence-electron chi connectivity index (χ4n) is 2.36. The van der Waals surface area contributed by atoms with Crippen LogP contribution in [0.5, 0.6) is 0 Å². The number of pyridine rings is 1. The summed E-state index contributed by atoms with van der Waals surface area (Å²) in [5.74, 6) is 0.864. The molecule has 1 saturated carbocycles. The molecule has 1 aliphatic rings. The number of anilines is 3. The second-order valence-electron chi connectivity index (χ2n) is 5.63. The van der Waals surface area contributed by atoms with Gasteiger partial charge in [0, 0.05) is 16.1 Å². The van der Waals surface area contributed by atoms with E-state index in [9.17, 15) is 4.79 Å². The van der Waals surface area contributed by atoms with Crippen molar-refractivity contribution in [2.75, 3.05) is 10.6 Å². The molecule has 0 spiro atoms. The molecule has 0 unspecified atom stereocenters. The summed E-state index contributed by atoms with van der Waals surface area (Å²) >= 11 is 3.46. The van der Waals surface area contributed by atoms with Gasteiger partial charge in [0.15, 0.2) is 0 Å². The number of nitrogens with zero attached hydrogens (tertiary/aromatic N) is 1. The Morgan fingerprint density at radius 1 is 1.27 bits per heavy atom. The number of hydrogen-bond donors (Lipinski definition) is 2. The Balaban J connectivity index is 1.64. The molecular formula is C17H18BrN3O. The maximum atomic E-state index is 11.9. The van der Waals surface area contributed by atoms with Crippen molar-refractivity contribution in [1.82, 2.24) is 4.98 Å². The lowest BCUT2D eigenvalue weighted by molar-refractivity contribution is -0.122. The zero-order chi connectivity index (χ0) is 15.5. The molecule has 22 heavy (non-hydrogen) atoms. The van der Waals surface area contributed by atoms with Crippen molar-refractivity contribution >= 4 is 39.0 Å². The third-order valence-electron chi connectivity index (χ3n) is 3.96. The SMILES string of the molecule is Cc1cc(Br)ccc1Nc1ccc(NC(=O)C2CCC2)nc1. The molecule has 2 N–H and O–H groups in total. The summed E-state index contributed by atoms with van der Waals surface area (Å²) in [5, 5.41) is 6.20. The quantitative estimate of drug-likeness (QED) is 0.836. The molecule has 4 nitrogen and oxygen atoms in total. The van der Waals surface area contributed by atoms with Gasteiger partial charge in [0.25, 0.3) is 0 Å². The minimum Gasteiger partial charge on any atom is -0.354 e. The maximum Gasteiger partial charge on any atom is 0.228 e. The Morgan fingerprint density at radius 3 is 2.68 bits per heavy atom. The van der Waals surface area contributed by atoms with Gasteiger partial charge in [0.2, 0.25) is 5.91 Å². The first-order valence-electron chi connectivity index (χ1n) is 7.42. The molecule has 114 valence electrons. The predicted octanol–water partition coefficient (Wildman–Crippen LogP) is 4.63. The zero-order valence-corrected chi connectivity index (χ0v) is 14.0. The minimum atomic E-state index is 0.0863. The average Bonchev–Trinajstić information content (AvgIpc) is 2.42. The molecule has 0 atom stereocenters. The van der Waals surface area contributed by atoms with Gasteiger partial charge in [-0.2, -0.15) is 0 Å². The first-order valence-corrected chi connectivity index (χ1v) is 8.21. The molecule has 1 fully saturated rings. The standard InChI is InChI=1S/C17H18BrN3O/c1-11-9-13(18)5-7-15(11)20-14-6-8-16(19-10-14)21-17(22)12-3-2-4-12/h5-10,12,20H,2-4H2,1H3,(H,19,21,22). The highest BCUT2D eigenvalue weighted by molar-refractivity contribution is 9.10. The molecule has 1 amide bonds. The summed E-state index contributed by atoms with van der Waals surface area (Å²) in [6.45, 7) is 2.05. The van der Waals surface area contributed by atoms with Crippen LogP contribution < -0.4 is 10.6 Å². The van der Waals surface area contributed by atoms with Crippen LogP contribution in [0, 0.1) is 12.8 Å². The Bertz CT molecular complexity index is 681. The van der Waals surface area contributed by atoms with E-state index < -0.39 is 0 Å². The molecular weight excluding hydrogens is 342 g/mol. The topological polar surface area (TPSA) is 54.0 Å². The number of carbonyl (C=O) groups excluding carboxylic acids is 1. The Morgan fingerprint density at radius 2 is 2.09 bits per heavy atom. The average molecular weight is 360 g/mol. The third-order valence-corrected chi connectivity index (χ3v) is 4.45. The second kappa shape index (κ2) is 6.48. The molecule has 0 aliphatic heterocycles. The van der Waals surface area contributed by atoms with Crippen LogP contribution in [0.4, 0.5) is 17.2 Å². The molecule has 1 aromatic heterocycles. The van der Waals surface area contributed by atoms with Crippen LogP contribution in [-0.4, -0.2) is 10.9 Å². The van der Waals surface area contributed by atoms with Crippen molar-refractivity contribution in [3.05, 3.63) is 46.6 Å². The summed E-state index contributed by atoms with van der Waals surface area (Å²) in [6.07, 6.45) is 4.88. The van der Waals surface area contributed by atoms with Gasteiger partial charge in [-0.3, -0.25) is 4.79 Å². The van der Waals surface area contributed by atoms with Crippen LogP contribution >= 0.6 is 15.9 Å². The maximum absolute atomic E-state index is 11.9. The van der Waals surface area contributed by atoms with Crippen LogP contribution in [0.1, 0.15) is 24.8 Å². The van der Waals surface area contributed by atoms with Crippen molar-refractivity contribution in [2.24, 2.45) is 5.92 Å². The Hall–Kier alpha value is -1.88.